The number of nitrogens with one attached hydrogen (secondary N) is 1. The Balaban J connectivity index is 1.59. The zero-order valence-electron chi connectivity index (χ0n) is 16.7. The number of ether oxygens (including phenoxy) is 1. The van der Waals surface area contributed by atoms with Gasteiger partial charge in [-0.3, -0.25) is 9.59 Å². The molecule has 1 amide bonds. The van der Waals surface area contributed by atoms with Crippen LogP contribution in [0.4, 0.5) is 0 Å². The predicted molar refractivity (Wildman–Crippen MR) is 114 cm³/mol. The monoisotopic (exact) mass is 387 g/mol. The second kappa shape index (κ2) is 9.69. The molecule has 0 radical (unpaired) electrons. The molecule has 0 fully saturated rings. The van der Waals surface area contributed by atoms with Gasteiger partial charge in [-0.25, -0.2) is 0 Å². The fourth-order valence-electron chi connectivity index (χ4n) is 3.13. The maximum Gasteiger partial charge on any atom is 0.227 e. The average Bonchev–Trinajstić information content (AvgIpc) is 2.79. The Morgan fingerprint density at radius 3 is 2.28 bits per heavy atom. The first-order valence-corrected chi connectivity index (χ1v) is 9.69. The van der Waals surface area contributed by atoms with Gasteiger partial charge in [0.05, 0.1) is 13.0 Å². The van der Waals surface area contributed by atoms with Gasteiger partial charge in [0.15, 0.2) is 5.78 Å². The van der Waals surface area contributed by atoms with Crippen LogP contribution in [-0.4, -0.2) is 25.3 Å². The molecule has 0 heterocycles. The van der Waals surface area contributed by atoms with Crippen LogP contribution in [-0.2, 0) is 11.2 Å². The Labute approximate surface area is 171 Å². The van der Waals surface area contributed by atoms with Gasteiger partial charge in [-0.2, -0.15) is 0 Å². The van der Waals surface area contributed by atoms with Crippen molar-refractivity contribution in [3.8, 4) is 5.75 Å². The van der Waals surface area contributed by atoms with Crippen molar-refractivity contribution < 1.29 is 14.3 Å². The first-order chi connectivity index (χ1) is 14.1. The van der Waals surface area contributed by atoms with Crippen LogP contribution < -0.4 is 10.1 Å². The van der Waals surface area contributed by atoms with Crippen molar-refractivity contribution in [1.29, 1.82) is 0 Å². The van der Waals surface area contributed by atoms with E-state index in [0.29, 0.717) is 17.7 Å². The summed E-state index contributed by atoms with van der Waals surface area (Å²) in [6.45, 7) is 2.41. The summed E-state index contributed by atoms with van der Waals surface area (Å²) in [5.74, 6) is 0.383. The lowest BCUT2D eigenvalue weighted by atomic mass is 9.95. The molecular weight excluding hydrogens is 362 g/mol. The summed E-state index contributed by atoms with van der Waals surface area (Å²) in [6, 6.07) is 24.3. The predicted octanol–water partition coefficient (Wildman–Crippen LogP) is 4.39. The molecule has 1 atom stereocenters. The lowest BCUT2D eigenvalue weighted by Gasteiger charge is -2.14. The van der Waals surface area contributed by atoms with E-state index in [0.717, 1.165) is 23.3 Å². The van der Waals surface area contributed by atoms with E-state index >= 15 is 0 Å². The number of carbonyl (C=O) groups is 2. The summed E-state index contributed by atoms with van der Waals surface area (Å²) >= 11 is 0. The molecule has 0 aliphatic heterocycles. The molecule has 0 aliphatic carbocycles. The zero-order chi connectivity index (χ0) is 20.6. The molecule has 3 aromatic rings. The van der Waals surface area contributed by atoms with Gasteiger partial charge in [-0.05, 0) is 42.7 Å². The van der Waals surface area contributed by atoms with Gasteiger partial charge in [-0.15, -0.1) is 0 Å². The molecule has 0 saturated carbocycles. The van der Waals surface area contributed by atoms with Crippen molar-refractivity contribution in [2.45, 2.75) is 19.3 Å². The van der Waals surface area contributed by atoms with Gasteiger partial charge in [-0.1, -0.05) is 60.7 Å². The van der Waals surface area contributed by atoms with E-state index in [1.807, 2.05) is 67.6 Å². The third-order valence-corrected chi connectivity index (χ3v) is 4.95. The van der Waals surface area contributed by atoms with Crippen LogP contribution in [0.2, 0.25) is 0 Å². The highest BCUT2D eigenvalue weighted by Crippen LogP contribution is 2.19. The lowest BCUT2D eigenvalue weighted by Crippen LogP contribution is -2.29. The molecule has 29 heavy (non-hydrogen) atoms. The molecule has 148 valence electrons. The van der Waals surface area contributed by atoms with E-state index in [4.69, 9.17) is 4.74 Å². The van der Waals surface area contributed by atoms with Crippen molar-refractivity contribution in [1.82, 2.24) is 5.32 Å². The van der Waals surface area contributed by atoms with Gasteiger partial charge in [0.2, 0.25) is 5.91 Å². The summed E-state index contributed by atoms with van der Waals surface area (Å²) in [6.07, 6.45) is 0.745. The fourth-order valence-corrected chi connectivity index (χ4v) is 3.13. The second-order valence-electron chi connectivity index (χ2n) is 6.93. The Kier molecular flexibility index (Phi) is 6.80. The molecule has 0 aliphatic rings. The van der Waals surface area contributed by atoms with E-state index in [2.05, 4.69) is 5.32 Å². The molecule has 3 rings (SSSR count). The Morgan fingerprint density at radius 1 is 0.897 bits per heavy atom. The molecule has 0 saturated heterocycles. The number of methoxy groups -OCH3 is 1. The minimum absolute atomic E-state index is 0.0421. The van der Waals surface area contributed by atoms with Crippen LogP contribution >= 0.6 is 0 Å². The van der Waals surface area contributed by atoms with E-state index in [-0.39, 0.29) is 17.6 Å². The maximum atomic E-state index is 12.7. The van der Waals surface area contributed by atoms with Crippen molar-refractivity contribution >= 4 is 11.7 Å². The number of benzene rings is 3. The fraction of sp³-hybridized carbons (Fsp3) is 0.200. The SMILES string of the molecule is COc1ccc(CCNC(=O)[C@@H](C)c2cccc(C(=O)c3ccccc3)c2)cc1. The lowest BCUT2D eigenvalue weighted by molar-refractivity contribution is -0.122. The topological polar surface area (TPSA) is 55.4 Å². The van der Waals surface area contributed by atoms with Crippen LogP contribution in [0, 0.1) is 0 Å². The third kappa shape index (κ3) is 5.32. The van der Waals surface area contributed by atoms with Crippen LogP contribution in [0.15, 0.2) is 78.9 Å². The molecule has 4 heteroatoms. The molecule has 0 aromatic heterocycles. The number of ketones is 1. The summed E-state index contributed by atoms with van der Waals surface area (Å²) in [5, 5.41) is 2.98. The van der Waals surface area contributed by atoms with Crippen LogP contribution in [0.5, 0.6) is 5.75 Å². The first kappa shape index (κ1) is 20.3. The van der Waals surface area contributed by atoms with E-state index < -0.39 is 0 Å². The van der Waals surface area contributed by atoms with Crippen LogP contribution in [0.3, 0.4) is 0 Å². The number of hydrogen-bond donors (Lipinski definition) is 1. The minimum Gasteiger partial charge on any atom is -0.497 e. The molecule has 4 nitrogen and oxygen atoms in total. The summed E-state index contributed by atoms with van der Waals surface area (Å²) < 4.78 is 5.15. The third-order valence-electron chi connectivity index (χ3n) is 4.95. The number of amides is 1. The summed E-state index contributed by atoms with van der Waals surface area (Å²) in [7, 11) is 1.64. The van der Waals surface area contributed by atoms with Gasteiger partial charge >= 0.3 is 0 Å². The Morgan fingerprint density at radius 2 is 1.59 bits per heavy atom. The smallest absolute Gasteiger partial charge is 0.227 e. The maximum absolute atomic E-state index is 12.7. The molecule has 0 bridgehead atoms. The number of rotatable bonds is 8. The molecule has 1 N–H and O–H groups in total. The molecular formula is C25H25NO3. The van der Waals surface area contributed by atoms with Crippen molar-refractivity contribution in [2.75, 3.05) is 13.7 Å². The molecule has 0 unspecified atom stereocenters. The molecule has 3 aromatic carbocycles. The normalized spacial score (nSPS) is 11.5. The summed E-state index contributed by atoms with van der Waals surface area (Å²) in [4.78, 5) is 25.2. The molecule has 0 spiro atoms. The van der Waals surface area contributed by atoms with Gasteiger partial charge in [0, 0.05) is 17.7 Å². The van der Waals surface area contributed by atoms with Crippen LogP contribution in [0.1, 0.15) is 39.9 Å². The van der Waals surface area contributed by atoms with Crippen LogP contribution in [0.25, 0.3) is 0 Å². The van der Waals surface area contributed by atoms with Crippen molar-refractivity contribution in [2.24, 2.45) is 0 Å². The first-order valence-electron chi connectivity index (χ1n) is 9.69. The van der Waals surface area contributed by atoms with E-state index in [1.54, 1.807) is 25.3 Å². The highest BCUT2D eigenvalue weighted by Gasteiger charge is 2.17. The van der Waals surface area contributed by atoms with Gasteiger partial charge in [0.1, 0.15) is 5.75 Å². The largest absolute Gasteiger partial charge is 0.497 e. The van der Waals surface area contributed by atoms with E-state index in [9.17, 15) is 9.59 Å². The van der Waals surface area contributed by atoms with Gasteiger partial charge < -0.3 is 10.1 Å². The van der Waals surface area contributed by atoms with Crippen molar-refractivity contribution in [3.05, 3.63) is 101 Å². The summed E-state index contributed by atoms with van der Waals surface area (Å²) in [5.41, 5.74) is 3.19. The Hall–Kier alpha value is -3.40. The average molecular weight is 387 g/mol. The Bertz CT molecular complexity index is 965. The quantitative estimate of drug-likeness (QED) is 0.583. The second-order valence-corrected chi connectivity index (χ2v) is 6.93. The minimum atomic E-state index is -0.339. The highest BCUT2D eigenvalue weighted by molar-refractivity contribution is 6.09. The zero-order valence-corrected chi connectivity index (χ0v) is 16.7. The number of carbonyl (C=O) groups excluding carboxylic acids is 2. The number of hydrogen-bond acceptors (Lipinski definition) is 3. The van der Waals surface area contributed by atoms with Gasteiger partial charge in [0.25, 0.3) is 0 Å². The van der Waals surface area contributed by atoms with Crippen molar-refractivity contribution in [3.63, 3.8) is 0 Å². The highest BCUT2D eigenvalue weighted by atomic mass is 16.5. The standard InChI is InChI=1S/C25H25NO3/c1-18(25(28)26-16-15-19-11-13-23(29-2)14-12-19)21-9-6-10-22(17-21)24(27)20-7-4-3-5-8-20/h3-14,17-18H,15-16H2,1-2H3,(H,26,28)/t18-/m0/s1. The van der Waals surface area contributed by atoms with E-state index in [1.165, 1.54) is 0 Å².